The summed E-state index contributed by atoms with van der Waals surface area (Å²) < 4.78 is 5.97. The molecular weight excluding hydrogens is 282 g/mol. The second-order valence-electron chi connectivity index (χ2n) is 7.60. The number of rotatable bonds is 7. The monoisotopic (exact) mass is 315 g/mol. The van der Waals surface area contributed by atoms with Crippen molar-refractivity contribution in [3.63, 3.8) is 0 Å². The fourth-order valence-electron chi connectivity index (χ4n) is 4.95. The summed E-state index contributed by atoms with van der Waals surface area (Å²) in [6.45, 7) is 7.78. The summed E-state index contributed by atoms with van der Waals surface area (Å²) >= 11 is 0. The summed E-state index contributed by atoms with van der Waals surface area (Å²) in [6, 6.07) is 12.1. The van der Waals surface area contributed by atoms with E-state index in [0.717, 1.165) is 37.1 Å². The predicted octanol–water partition coefficient (Wildman–Crippen LogP) is 4.88. The van der Waals surface area contributed by atoms with E-state index in [0.29, 0.717) is 0 Å². The normalized spacial score (nSPS) is 31.2. The van der Waals surface area contributed by atoms with Crippen molar-refractivity contribution in [2.75, 3.05) is 13.2 Å². The summed E-state index contributed by atoms with van der Waals surface area (Å²) in [5.41, 5.74) is 1.28. The molecular formula is C21H33NO. The van der Waals surface area contributed by atoms with Crippen LogP contribution in [0.4, 0.5) is 0 Å². The molecule has 0 saturated carbocycles. The second kappa shape index (κ2) is 8.30. The fourth-order valence-corrected chi connectivity index (χ4v) is 4.95. The van der Waals surface area contributed by atoms with E-state index in [1.807, 2.05) is 0 Å². The summed E-state index contributed by atoms with van der Waals surface area (Å²) in [4.78, 5) is 2.85. The van der Waals surface area contributed by atoms with Crippen molar-refractivity contribution in [1.82, 2.24) is 4.90 Å². The van der Waals surface area contributed by atoms with Gasteiger partial charge in [-0.3, -0.25) is 4.90 Å². The first kappa shape index (κ1) is 17.0. The van der Waals surface area contributed by atoms with E-state index in [-0.39, 0.29) is 0 Å². The third kappa shape index (κ3) is 4.16. The Balaban J connectivity index is 1.49. The molecule has 2 nitrogen and oxygen atoms in total. The van der Waals surface area contributed by atoms with E-state index < -0.39 is 0 Å². The van der Waals surface area contributed by atoms with Gasteiger partial charge >= 0.3 is 0 Å². The highest BCUT2D eigenvalue weighted by Crippen LogP contribution is 2.41. The van der Waals surface area contributed by atoms with Crippen LogP contribution in [0.2, 0.25) is 0 Å². The lowest BCUT2D eigenvalue weighted by atomic mass is 9.77. The highest BCUT2D eigenvalue weighted by Gasteiger charge is 2.42. The molecule has 2 aliphatic heterocycles. The number of nitrogens with zero attached hydrogens (tertiary/aromatic N) is 1. The van der Waals surface area contributed by atoms with Crippen molar-refractivity contribution in [3.05, 3.63) is 35.9 Å². The lowest BCUT2D eigenvalue weighted by molar-refractivity contribution is 0.00568. The van der Waals surface area contributed by atoms with Crippen LogP contribution in [0.5, 0.6) is 0 Å². The Kier molecular flexibility index (Phi) is 6.13. The van der Waals surface area contributed by atoms with Gasteiger partial charge in [0.25, 0.3) is 0 Å². The Bertz CT molecular complexity index is 460. The van der Waals surface area contributed by atoms with Crippen LogP contribution in [0.1, 0.15) is 57.9 Å². The minimum absolute atomic E-state index is 0.742. The van der Waals surface area contributed by atoms with Gasteiger partial charge < -0.3 is 4.74 Å². The quantitative estimate of drug-likeness (QED) is 0.665. The number of fused-ring (bicyclic) bond motifs is 1. The fraction of sp³-hybridized carbons (Fsp3) is 0.714. The average Bonchev–Trinajstić information content (AvgIpc) is 3.05. The zero-order valence-corrected chi connectivity index (χ0v) is 14.9. The van der Waals surface area contributed by atoms with Gasteiger partial charge in [-0.15, -0.1) is 0 Å². The van der Waals surface area contributed by atoms with Crippen LogP contribution in [0.3, 0.4) is 0 Å². The van der Waals surface area contributed by atoms with Crippen LogP contribution < -0.4 is 0 Å². The molecule has 128 valence electrons. The standard InChI is InChI=1S/C21H33NO/c1-3-8-19-15-17(2)20(22-13-7-11-21(19)22)12-14-23-16-18-9-5-4-6-10-18/h4-6,9-10,17,19-21H,3,7-8,11-16H2,1-2H3/t17-,19-,20-,21+/m1/s1. The zero-order chi connectivity index (χ0) is 16.1. The first-order valence-corrected chi connectivity index (χ1v) is 9.67. The molecule has 3 rings (SSSR count). The van der Waals surface area contributed by atoms with Crippen LogP contribution in [-0.2, 0) is 11.3 Å². The highest BCUT2D eigenvalue weighted by atomic mass is 16.5. The number of ether oxygens (including phenoxy) is 1. The van der Waals surface area contributed by atoms with Crippen LogP contribution >= 0.6 is 0 Å². The molecule has 2 saturated heterocycles. The summed E-state index contributed by atoms with van der Waals surface area (Å²) in [5.74, 6) is 1.76. The van der Waals surface area contributed by atoms with E-state index in [9.17, 15) is 0 Å². The van der Waals surface area contributed by atoms with Gasteiger partial charge in [-0.25, -0.2) is 0 Å². The molecule has 2 aliphatic rings. The van der Waals surface area contributed by atoms with Crippen LogP contribution in [-0.4, -0.2) is 30.1 Å². The third-order valence-corrected chi connectivity index (χ3v) is 5.97. The van der Waals surface area contributed by atoms with Crippen molar-refractivity contribution in [1.29, 1.82) is 0 Å². The van der Waals surface area contributed by atoms with Gasteiger partial charge in [0.05, 0.1) is 6.61 Å². The maximum atomic E-state index is 5.97. The Morgan fingerprint density at radius 2 is 2.00 bits per heavy atom. The Hall–Kier alpha value is -0.860. The maximum absolute atomic E-state index is 5.97. The first-order chi connectivity index (χ1) is 11.3. The largest absolute Gasteiger partial charge is 0.377 e. The zero-order valence-electron chi connectivity index (χ0n) is 14.9. The molecule has 0 aromatic heterocycles. The number of piperidine rings is 1. The van der Waals surface area contributed by atoms with Crippen molar-refractivity contribution in [3.8, 4) is 0 Å². The second-order valence-corrected chi connectivity index (χ2v) is 7.60. The molecule has 0 bridgehead atoms. The van der Waals surface area contributed by atoms with Gasteiger partial charge in [0.1, 0.15) is 0 Å². The Morgan fingerprint density at radius 1 is 1.17 bits per heavy atom. The molecule has 23 heavy (non-hydrogen) atoms. The number of benzene rings is 1. The van der Waals surface area contributed by atoms with Crippen LogP contribution in [0, 0.1) is 11.8 Å². The van der Waals surface area contributed by atoms with Crippen molar-refractivity contribution >= 4 is 0 Å². The van der Waals surface area contributed by atoms with Crippen molar-refractivity contribution < 1.29 is 4.74 Å². The molecule has 0 amide bonds. The topological polar surface area (TPSA) is 12.5 Å². The molecule has 2 heterocycles. The molecule has 1 aromatic carbocycles. The summed E-state index contributed by atoms with van der Waals surface area (Å²) in [6.07, 6.45) is 8.22. The minimum Gasteiger partial charge on any atom is -0.377 e. The van der Waals surface area contributed by atoms with E-state index in [1.165, 1.54) is 50.6 Å². The van der Waals surface area contributed by atoms with Gasteiger partial charge in [-0.05, 0) is 56.0 Å². The lowest BCUT2D eigenvalue weighted by Gasteiger charge is -2.46. The van der Waals surface area contributed by atoms with Gasteiger partial charge in [-0.2, -0.15) is 0 Å². The van der Waals surface area contributed by atoms with E-state index in [4.69, 9.17) is 4.74 Å². The molecule has 2 fully saturated rings. The Morgan fingerprint density at radius 3 is 2.78 bits per heavy atom. The lowest BCUT2D eigenvalue weighted by Crippen LogP contribution is -2.51. The van der Waals surface area contributed by atoms with E-state index in [2.05, 4.69) is 49.1 Å². The third-order valence-electron chi connectivity index (χ3n) is 5.97. The smallest absolute Gasteiger partial charge is 0.0716 e. The number of hydrogen-bond acceptors (Lipinski definition) is 2. The predicted molar refractivity (Wildman–Crippen MR) is 96.4 cm³/mol. The molecule has 0 unspecified atom stereocenters. The van der Waals surface area contributed by atoms with Gasteiger partial charge in [-0.1, -0.05) is 50.6 Å². The molecule has 2 heteroatoms. The number of hydrogen-bond donors (Lipinski definition) is 0. The van der Waals surface area contributed by atoms with E-state index in [1.54, 1.807) is 0 Å². The van der Waals surface area contributed by atoms with Gasteiger partial charge in [0, 0.05) is 18.7 Å². The van der Waals surface area contributed by atoms with E-state index >= 15 is 0 Å². The first-order valence-electron chi connectivity index (χ1n) is 9.67. The maximum Gasteiger partial charge on any atom is 0.0716 e. The summed E-state index contributed by atoms with van der Waals surface area (Å²) in [7, 11) is 0. The molecule has 0 N–H and O–H groups in total. The SMILES string of the molecule is CCC[C@@H]1C[C@@H](C)[C@@H](CCOCc2ccccc2)N2CCC[C@@H]12. The molecule has 0 spiro atoms. The summed E-state index contributed by atoms with van der Waals surface area (Å²) in [5, 5.41) is 0. The molecule has 0 aliphatic carbocycles. The van der Waals surface area contributed by atoms with Crippen molar-refractivity contribution in [2.24, 2.45) is 11.8 Å². The molecule has 4 atom stereocenters. The van der Waals surface area contributed by atoms with Crippen LogP contribution in [0.25, 0.3) is 0 Å². The molecule has 1 aromatic rings. The Labute approximate surface area is 142 Å². The average molecular weight is 316 g/mol. The van der Waals surface area contributed by atoms with Gasteiger partial charge in [0.2, 0.25) is 0 Å². The minimum atomic E-state index is 0.742. The highest BCUT2D eigenvalue weighted by molar-refractivity contribution is 5.13. The van der Waals surface area contributed by atoms with Gasteiger partial charge in [0.15, 0.2) is 0 Å². The molecule has 0 radical (unpaired) electrons. The van der Waals surface area contributed by atoms with Crippen LogP contribution in [0.15, 0.2) is 30.3 Å². The van der Waals surface area contributed by atoms with Crippen molar-refractivity contribution in [2.45, 2.75) is 71.1 Å².